The van der Waals surface area contributed by atoms with Crippen LogP contribution in [-0.2, 0) is 14.4 Å². The van der Waals surface area contributed by atoms with Crippen LogP contribution in [0.1, 0.15) is 84.6 Å². The van der Waals surface area contributed by atoms with Gasteiger partial charge in [0, 0.05) is 24.6 Å². The molecule has 2 aromatic rings. The van der Waals surface area contributed by atoms with Gasteiger partial charge < -0.3 is 20.9 Å². The first-order valence-electron chi connectivity index (χ1n) is 15.2. The summed E-state index contributed by atoms with van der Waals surface area (Å²) in [6.07, 6.45) is 8.09. The van der Waals surface area contributed by atoms with Gasteiger partial charge in [-0.05, 0) is 42.2 Å². The van der Waals surface area contributed by atoms with Gasteiger partial charge in [-0.2, -0.15) is 5.26 Å². The number of para-hydroxylation sites is 1. The Labute approximate surface area is 262 Å². The number of hydrogen-bond donors (Lipinski definition) is 3. The third-order valence-electron chi connectivity index (χ3n) is 6.08. The molecule has 1 saturated carbocycles. The Morgan fingerprint density at radius 2 is 1.75 bits per heavy atom. The Bertz CT molecular complexity index is 1190. The number of carbonyl (C=O) groups excluding carboxylic acids is 4. The molecule has 1 aromatic heterocycles. The lowest BCUT2D eigenvalue weighted by molar-refractivity contribution is -0.133. The molecular weight excluding hydrogens is 558 g/mol. The lowest BCUT2D eigenvalue weighted by Gasteiger charge is -2.22. The highest BCUT2D eigenvalue weighted by Gasteiger charge is 2.34. The number of aromatic nitrogens is 2. The quantitative estimate of drug-likeness (QED) is 0.352. The van der Waals surface area contributed by atoms with E-state index in [4.69, 9.17) is 0 Å². The van der Waals surface area contributed by atoms with Gasteiger partial charge in [0.1, 0.15) is 17.8 Å². The minimum atomic E-state index is -0.737. The van der Waals surface area contributed by atoms with Crippen LogP contribution in [-0.4, -0.2) is 64.2 Å². The Balaban J connectivity index is 0.000000497. The SMILES string of the molecule is CC.CC(C)(C)C.CC1CC(C#N)N(C(=O)CNC(=O)C(CC2CC2)NC(=O)c2cnccn2)C1.O=CNc1ccccc1. The summed E-state index contributed by atoms with van der Waals surface area (Å²) in [7, 11) is 0. The van der Waals surface area contributed by atoms with Crippen LogP contribution in [0.5, 0.6) is 0 Å². The zero-order valence-electron chi connectivity index (χ0n) is 27.2. The van der Waals surface area contributed by atoms with Crippen LogP contribution in [0.25, 0.3) is 0 Å². The number of anilines is 1. The van der Waals surface area contributed by atoms with Crippen LogP contribution in [0.2, 0.25) is 0 Å². The van der Waals surface area contributed by atoms with Gasteiger partial charge >= 0.3 is 0 Å². The number of amides is 4. The number of carbonyl (C=O) groups is 4. The summed E-state index contributed by atoms with van der Waals surface area (Å²) in [5.74, 6) is -0.500. The van der Waals surface area contributed by atoms with Crippen LogP contribution < -0.4 is 16.0 Å². The van der Waals surface area contributed by atoms with E-state index in [9.17, 15) is 24.4 Å². The third-order valence-corrected chi connectivity index (χ3v) is 6.08. The second kappa shape index (κ2) is 19.8. The highest BCUT2D eigenvalue weighted by Crippen LogP contribution is 2.33. The zero-order valence-corrected chi connectivity index (χ0v) is 27.2. The molecule has 1 aliphatic heterocycles. The van der Waals surface area contributed by atoms with Gasteiger partial charge in [-0.1, -0.05) is 79.5 Å². The summed E-state index contributed by atoms with van der Waals surface area (Å²) in [6, 6.07) is 10.2. The zero-order chi connectivity index (χ0) is 33.1. The molecular formula is C33H49N7O4. The summed E-state index contributed by atoms with van der Waals surface area (Å²) in [5.41, 5.74) is 1.46. The van der Waals surface area contributed by atoms with E-state index in [0.29, 0.717) is 37.1 Å². The van der Waals surface area contributed by atoms with Crippen molar-refractivity contribution in [2.45, 2.75) is 86.2 Å². The molecule has 11 nitrogen and oxygen atoms in total. The van der Waals surface area contributed by atoms with E-state index in [0.717, 1.165) is 18.5 Å². The lowest BCUT2D eigenvalue weighted by Crippen LogP contribution is -2.50. The predicted octanol–water partition coefficient (Wildman–Crippen LogP) is 4.59. The molecule has 0 bridgehead atoms. The fourth-order valence-electron chi connectivity index (χ4n) is 4.00. The molecule has 4 rings (SSSR count). The van der Waals surface area contributed by atoms with E-state index in [1.165, 1.54) is 23.5 Å². The van der Waals surface area contributed by atoms with E-state index < -0.39 is 23.9 Å². The molecule has 3 N–H and O–H groups in total. The second-order valence-electron chi connectivity index (χ2n) is 12.2. The third kappa shape index (κ3) is 15.8. The normalized spacial score (nSPS) is 17.4. The molecule has 2 fully saturated rings. The van der Waals surface area contributed by atoms with Gasteiger partial charge in [-0.25, -0.2) is 4.98 Å². The fourth-order valence-corrected chi connectivity index (χ4v) is 4.00. The van der Waals surface area contributed by atoms with E-state index in [-0.39, 0.29) is 24.1 Å². The van der Waals surface area contributed by atoms with Gasteiger partial charge in [-0.3, -0.25) is 24.2 Å². The fraction of sp³-hybridized carbons (Fsp3) is 0.545. The molecule has 1 saturated heterocycles. The van der Waals surface area contributed by atoms with Crippen molar-refractivity contribution >= 4 is 29.8 Å². The number of nitrogens with one attached hydrogen (secondary N) is 3. The largest absolute Gasteiger partial charge is 0.345 e. The molecule has 1 aliphatic carbocycles. The number of likely N-dealkylation sites (tertiary alicyclic amines) is 1. The Kier molecular flexibility index (Phi) is 16.9. The van der Waals surface area contributed by atoms with E-state index in [1.807, 2.05) is 51.1 Å². The smallest absolute Gasteiger partial charge is 0.272 e. The molecule has 0 spiro atoms. The van der Waals surface area contributed by atoms with Crippen molar-refractivity contribution in [2.24, 2.45) is 17.3 Å². The highest BCUT2D eigenvalue weighted by molar-refractivity contribution is 5.96. The topological polar surface area (TPSA) is 157 Å². The molecule has 0 radical (unpaired) electrons. The summed E-state index contributed by atoms with van der Waals surface area (Å²) in [4.78, 5) is 56.5. The number of nitriles is 1. The second-order valence-corrected chi connectivity index (χ2v) is 12.2. The molecule has 3 unspecified atom stereocenters. The Morgan fingerprint density at radius 3 is 2.27 bits per heavy atom. The monoisotopic (exact) mass is 607 g/mol. The molecule has 11 heteroatoms. The van der Waals surface area contributed by atoms with Crippen molar-refractivity contribution in [1.29, 1.82) is 5.26 Å². The van der Waals surface area contributed by atoms with E-state index in [2.05, 4.69) is 59.7 Å². The van der Waals surface area contributed by atoms with Crippen molar-refractivity contribution in [1.82, 2.24) is 25.5 Å². The molecule has 3 atom stereocenters. The van der Waals surface area contributed by atoms with Gasteiger partial charge in [0.05, 0.1) is 18.8 Å². The number of nitrogens with zero attached hydrogens (tertiary/aromatic N) is 4. The first-order chi connectivity index (χ1) is 20.9. The lowest BCUT2D eigenvalue weighted by atomic mass is 10.0. The molecule has 2 heterocycles. The maximum Gasteiger partial charge on any atom is 0.272 e. The average Bonchev–Trinajstić information content (AvgIpc) is 3.74. The maximum absolute atomic E-state index is 12.6. The van der Waals surface area contributed by atoms with Crippen molar-refractivity contribution in [3.05, 3.63) is 54.6 Å². The Morgan fingerprint density at radius 1 is 1.11 bits per heavy atom. The summed E-state index contributed by atoms with van der Waals surface area (Å²) < 4.78 is 0. The van der Waals surface area contributed by atoms with Gasteiger partial charge in [0.2, 0.25) is 18.2 Å². The van der Waals surface area contributed by atoms with Crippen LogP contribution in [0.15, 0.2) is 48.9 Å². The van der Waals surface area contributed by atoms with Gasteiger partial charge in [0.15, 0.2) is 0 Å². The average molecular weight is 608 g/mol. The molecule has 44 heavy (non-hydrogen) atoms. The summed E-state index contributed by atoms with van der Waals surface area (Å²) in [5, 5.41) is 17.0. The van der Waals surface area contributed by atoms with Crippen molar-refractivity contribution < 1.29 is 19.2 Å². The van der Waals surface area contributed by atoms with Crippen molar-refractivity contribution in [2.75, 3.05) is 18.4 Å². The minimum Gasteiger partial charge on any atom is -0.345 e. The van der Waals surface area contributed by atoms with Crippen LogP contribution >= 0.6 is 0 Å². The number of rotatable bonds is 9. The Hall–Kier alpha value is -4.33. The van der Waals surface area contributed by atoms with Gasteiger partial charge in [0.25, 0.3) is 5.91 Å². The first-order valence-corrected chi connectivity index (χ1v) is 15.2. The summed E-state index contributed by atoms with van der Waals surface area (Å²) in [6.45, 7) is 15.1. The molecule has 2 aliphatic rings. The van der Waals surface area contributed by atoms with Crippen LogP contribution in [0.4, 0.5) is 5.69 Å². The van der Waals surface area contributed by atoms with E-state index >= 15 is 0 Å². The minimum absolute atomic E-state index is 0.134. The summed E-state index contributed by atoms with van der Waals surface area (Å²) >= 11 is 0. The first kappa shape index (κ1) is 37.7. The van der Waals surface area contributed by atoms with Crippen LogP contribution in [0, 0.1) is 28.6 Å². The van der Waals surface area contributed by atoms with Crippen molar-refractivity contribution in [3.63, 3.8) is 0 Å². The standard InChI is InChI=1S/C19H24N6O3.C7H7NO.C5H12.C2H6/c1-12-6-14(8-20)25(11-12)17(26)10-23-18(27)15(7-13-2-3-13)24-19(28)16-9-21-4-5-22-16;9-6-8-7-4-2-1-3-5-7;1-5(2,3)4;1-2/h4-5,9,12-15H,2-3,6-7,10-11H2,1H3,(H,23,27)(H,24,28);1-6H,(H,8,9);1-4H3;1-2H3. The predicted molar refractivity (Wildman–Crippen MR) is 171 cm³/mol. The van der Waals surface area contributed by atoms with Gasteiger partial charge in [-0.15, -0.1) is 0 Å². The number of benzene rings is 1. The molecule has 1 aromatic carbocycles. The maximum atomic E-state index is 12.6. The van der Waals surface area contributed by atoms with E-state index in [1.54, 1.807) is 0 Å². The molecule has 4 amide bonds. The molecule has 240 valence electrons. The highest BCUT2D eigenvalue weighted by atomic mass is 16.2. The van der Waals surface area contributed by atoms with Crippen molar-refractivity contribution in [3.8, 4) is 6.07 Å². The van der Waals surface area contributed by atoms with Crippen LogP contribution in [0.3, 0.4) is 0 Å². The number of hydrogen-bond acceptors (Lipinski definition) is 7.